The Hall–Kier alpha value is -1.49. The van der Waals surface area contributed by atoms with Crippen molar-refractivity contribution in [2.45, 2.75) is 4.90 Å². The van der Waals surface area contributed by atoms with Crippen LogP contribution in [-0.4, -0.2) is 23.9 Å². The van der Waals surface area contributed by atoms with Crippen LogP contribution in [0.25, 0.3) is 0 Å². The normalized spacial score (nSPS) is 10.5. The van der Waals surface area contributed by atoms with Crippen LogP contribution in [0, 0.1) is 10.1 Å². The molecular formula is C10H12N2O2S. The maximum atomic E-state index is 10.4. The van der Waals surface area contributed by atoms with Gasteiger partial charge in [-0.25, -0.2) is 0 Å². The van der Waals surface area contributed by atoms with Crippen LogP contribution in [0.4, 0.5) is 5.69 Å². The third-order valence-corrected chi connectivity index (χ3v) is 2.41. The maximum Gasteiger partial charge on any atom is 0.269 e. The van der Waals surface area contributed by atoms with Gasteiger partial charge in [0, 0.05) is 37.3 Å². The van der Waals surface area contributed by atoms with Crippen molar-refractivity contribution in [1.82, 2.24) is 4.90 Å². The van der Waals surface area contributed by atoms with Gasteiger partial charge in [0.25, 0.3) is 5.69 Å². The molecule has 0 saturated carbocycles. The molecule has 1 rings (SSSR count). The molecule has 0 atom stereocenters. The Morgan fingerprint density at radius 3 is 2.40 bits per heavy atom. The first-order chi connectivity index (χ1) is 7.09. The topological polar surface area (TPSA) is 46.4 Å². The van der Waals surface area contributed by atoms with E-state index in [1.165, 1.54) is 23.9 Å². The molecule has 1 aromatic rings. The minimum absolute atomic E-state index is 0.121. The van der Waals surface area contributed by atoms with Crippen LogP contribution in [0.15, 0.2) is 40.8 Å². The van der Waals surface area contributed by atoms with Crippen molar-refractivity contribution in [3.05, 3.63) is 46.0 Å². The van der Waals surface area contributed by atoms with Gasteiger partial charge in [-0.3, -0.25) is 10.1 Å². The van der Waals surface area contributed by atoms with Gasteiger partial charge in [0.15, 0.2) is 0 Å². The maximum absolute atomic E-state index is 10.4. The van der Waals surface area contributed by atoms with E-state index in [1.807, 2.05) is 30.6 Å². The largest absolute Gasteiger partial charge is 0.383 e. The van der Waals surface area contributed by atoms with Gasteiger partial charge in [-0.15, -0.1) is 0 Å². The number of thioether (sulfide) groups is 1. The van der Waals surface area contributed by atoms with Crippen molar-refractivity contribution in [1.29, 1.82) is 0 Å². The standard InChI is InChI=1S/C10H12N2O2S/c1-11(2)7-8-15-10-5-3-9(4-6-10)12(13)14/h3-8H,1-2H3/b8-7+. The van der Waals surface area contributed by atoms with E-state index >= 15 is 0 Å². The Morgan fingerprint density at radius 1 is 1.33 bits per heavy atom. The number of nitrogens with zero attached hydrogens (tertiary/aromatic N) is 2. The van der Waals surface area contributed by atoms with E-state index in [2.05, 4.69) is 0 Å². The SMILES string of the molecule is CN(C)/C=C/Sc1ccc([N+](=O)[O-])cc1. The Bertz CT molecular complexity index is 360. The summed E-state index contributed by atoms with van der Waals surface area (Å²) in [7, 11) is 3.87. The molecule has 0 saturated heterocycles. The summed E-state index contributed by atoms with van der Waals surface area (Å²) in [6.45, 7) is 0. The average molecular weight is 224 g/mol. The lowest BCUT2D eigenvalue weighted by atomic mass is 10.3. The van der Waals surface area contributed by atoms with Gasteiger partial charge in [-0.1, -0.05) is 11.8 Å². The van der Waals surface area contributed by atoms with E-state index in [1.54, 1.807) is 12.1 Å². The number of rotatable bonds is 4. The molecule has 0 amide bonds. The number of benzene rings is 1. The second-order valence-electron chi connectivity index (χ2n) is 3.12. The van der Waals surface area contributed by atoms with Gasteiger partial charge in [-0.2, -0.15) is 0 Å². The summed E-state index contributed by atoms with van der Waals surface area (Å²) in [6, 6.07) is 6.49. The van der Waals surface area contributed by atoms with Crippen LogP contribution in [0.1, 0.15) is 0 Å². The first-order valence-electron chi connectivity index (χ1n) is 4.34. The fourth-order valence-electron chi connectivity index (χ4n) is 0.877. The van der Waals surface area contributed by atoms with Crippen LogP contribution in [0.3, 0.4) is 0 Å². The summed E-state index contributed by atoms with van der Waals surface area (Å²) in [4.78, 5) is 12.9. The zero-order valence-electron chi connectivity index (χ0n) is 8.58. The number of hydrogen-bond acceptors (Lipinski definition) is 4. The number of nitro benzene ring substituents is 1. The number of nitro groups is 1. The highest BCUT2D eigenvalue weighted by molar-refractivity contribution is 8.02. The molecule has 0 heterocycles. The van der Waals surface area contributed by atoms with Gasteiger partial charge < -0.3 is 4.90 Å². The van der Waals surface area contributed by atoms with Crippen LogP contribution in [0.5, 0.6) is 0 Å². The highest BCUT2D eigenvalue weighted by atomic mass is 32.2. The molecule has 80 valence electrons. The van der Waals surface area contributed by atoms with E-state index in [9.17, 15) is 10.1 Å². The summed E-state index contributed by atoms with van der Waals surface area (Å²) in [6.07, 6.45) is 1.92. The Labute approximate surface area is 92.7 Å². The van der Waals surface area contributed by atoms with Crippen LogP contribution < -0.4 is 0 Å². The van der Waals surface area contributed by atoms with Gasteiger partial charge in [0.05, 0.1) is 4.92 Å². The quantitative estimate of drug-likeness (QED) is 0.448. The summed E-state index contributed by atoms with van der Waals surface area (Å²) < 4.78 is 0. The zero-order chi connectivity index (χ0) is 11.3. The second-order valence-corrected chi connectivity index (χ2v) is 4.10. The van der Waals surface area contributed by atoms with Crippen molar-refractivity contribution in [2.24, 2.45) is 0 Å². The Kier molecular flexibility index (Phi) is 4.17. The van der Waals surface area contributed by atoms with E-state index < -0.39 is 4.92 Å². The van der Waals surface area contributed by atoms with Crippen molar-refractivity contribution >= 4 is 17.4 Å². The summed E-state index contributed by atoms with van der Waals surface area (Å²) >= 11 is 1.52. The molecule has 0 radical (unpaired) electrons. The zero-order valence-corrected chi connectivity index (χ0v) is 9.40. The molecule has 0 unspecified atom stereocenters. The molecule has 0 aliphatic heterocycles. The molecule has 15 heavy (non-hydrogen) atoms. The first-order valence-corrected chi connectivity index (χ1v) is 5.22. The van der Waals surface area contributed by atoms with Crippen molar-refractivity contribution < 1.29 is 4.92 Å². The fraction of sp³-hybridized carbons (Fsp3) is 0.200. The monoisotopic (exact) mass is 224 g/mol. The molecule has 0 aromatic heterocycles. The van der Waals surface area contributed by atoms with Gasteiger partial charge in [0.1, 0.15) is 0 Å². The Morgan fingerprint density at radius 2 is 1.93 bits per heavy atom. The molecule has 4 nitrogen and oxygen atoms in total. The van der Waals surface area contributed by atoms with Gasteiger partial charge in [-0.05, 0) is 17.5 Å². The van der Waals surface area contributed by atoms with Crippen LogP contribution >= 0.6 is 11.8 Å². The summed E-state index contributed by atoms with van der Waals surface area (Å²) in [5.41, 5.74) is 0.121. The van der Waals surface area contributed by atoms with Crippen LogP contribution in [0.2, 0.25) is 0 Å². The predicted octanol–water partition coefficient (Wildman–Crippen LogP) is 2.72. The Balaban J connectivity index is 2.61. The number of hydrogen-bond donors (Lipinski definition) is 0. The lowest BCUT2D eigenvalue weighted by molar-refractivity contribution is -0.384. The van der Waals surface area contributed by atoms with E-state index in [0.717, 1.165) is 4.90 Å². The molecule has 0 aliphatic rings. The predicted molar refractivity (Wildman–Crippen MR) is 61.8 cm³/mol. The molecule has 1 aromatic carbocycles. The average Bonchev–Trinajstić information content (AvgIpc) is 2.18. The van der Waals surface area contributed by atoms with Gasteiger partial charge >= 0.3 is 0 Å². The van der Waals surface area contributed by atoms with Crippen molar-refractivity contribution in [3.8, 4) is 0 Å². The lowest BCUT2D eigenvalue weighted by Gasteiger charge is -2.02. The summed E-state index contributed by atoms with van der Waals surface area (Å²) in [5.74, 6) is 0. The fourth-order valence-corrected chi connectivity index (χ4v) is 1.63. The van der Waals surface area contributed by atoms with E-state index in [4.69, 9.17) is 0 Å². The summed E-state index contributed by atoms with van der Waals surface area (Å²) in [5, 5.41) is 12.3. The molecule has 0 fully saturated rings. The van der Waals surface area contributed by atoms with Crippen LogP contribution in [-0.2, 0) is 0 Å². The number of non-ortho nitro benzene ring substituents is 1. The van der Waals surface area contributed by atoms with Gasteiger partial charge in [0.2, 0.25) is 0 Å². The third kappa shape index (κ3) is 4.03. The van der Waals surface area contributed by atoms with E-state index in [-0.39, 0.29) is 5.69 Å². The highest BCUT2D eigenvalue weighted by Gasteiger charge is 2.02. The molecule has 0 aliphatic carbocycles. The lowest BCUT2D eigenvalue weighted by Crippen LogP contribution is -1.99. The first kappa shape index (κ1) is 11.6. The highest BCUT2D eigenvalue weighted by Crippen LogP contribution is 2.21. The van der Waals surface area contributed by atoms with Crippen molar-refractivity contribution in [2.75, 3.05) is 14.1 Å². The van der Waals surface area contributed by atoms with Crippen molar-refractivity contribution in [3.63, 3.8) is 0 Å². The van der Waals surface area contributed by atoms with E-state index in [0.29, 0.717) is 0 Å². The molecule has 5 heteroatoms. The third-order valence-electron chi connectivity index (χ3n) is 1.61. The minimum atomic E-state index is -0.399. The molecule has 0 spiro atoms. The molecular weight excluding hydrogens is 212 g/mol. The smallest absolute Gasteiger partial charge is 0.269 e. The second kappa shape index (κ2) is 5.41. The minimum Gasteiger partial charge on any atom is -0.383 e. The molecule has 0 bridgehead atoms. The molecule has 0 N–H and O–H groups in total.